The number of ether oxygens (including phenoxy) is 1. The van der Waals surface area contributed by atoms with Crippen LogP contribution in [0.1, 0.15) is 5.56 Å². The maximum atomic E-state index is 12.1. The lowest BCUT2D eigenvalue weighted by Gasteiger charge is -2.10. The van der Waals surface area contributed by atoms with Gasteiger partial charge in [-0.25, -0.2) is 0 Å². The van der Waals surface area contributed by atoms with Crippen LogP contribution >= 0.6 is 24.0 Å². The molecule has 1 amide bonds. The highest BCUT2D eigenvalue weighted by Gasteiger charge is 2.33. The van der Waals surface area contributed by atoms with E-state index in [1.807, 2.05) is 0 Å². The van der Waals surface area contributed by atoms with E-state index in [9.17, 15) is 19.7 Å². The highest BCUT2D eigenvalue weighted by Crippen LogP contribution is 2.34. The number of hydrogen-bond acceptors (Lipinski definition) is 7. The van der Waals surface area contributed by atoms with E-state index in [0.717, 1.165) is 16.7 Å². The maximum absolute atomic E-state index is 12.1. The summed E-state index contributed by atoms with van der Waals surface area (Å²) in [5, 5.41) is 19.8. The molecule has 1 aromatic carbocycles. The number of carbonyl (C=O) groups is 2. The molecular weight excluding hydrogens is 344 g/mol. The summed E-state index contributed by atoms with van der Waals surface area (Å²) in [6, 6.07) is 4.24. The molecule has 1 saturated heterocycles. The lowest BCUT2D eigenvalue weighted by atomic mass is 10.1. The zero-order chi connectivity index (χ0) is 17.1. The maximum Gasteiger partial charge on any atom is 0.323 e. The lowest BCUT2D eigenvalue weighted by molar-refractivity contribution is -0.385. The number of rotatable bonds is 5. The Bertz CT molecular complexity index is 746. The van der Waals surface area contributed by atoms with Crippen molar-refractivity contribution in [1.82, 2.24) is 4.90 Å². The lowest BCUT2D eigenvalue weighted by Crippen LogP contribution is -2.33. The molecule has 1 N–H and O–H groups in total. The Morgan fingerprint density at radius 1 is 1.57 bits per heavy atom. The first-order valence-corrected chi connectivity index (χ1v) is 7.35. The van der Waals surface area contributed by atoms with Gasteiger partial charge in [0.25, 0.3) is 5.91 Å². The largest absolute Gasteiger partial charge is 0.490 e. The van der Waals surface area contributed by atoms with Gasteiger partial charge in [-0.15, -0.1) is 0 Å². The van der Waals surface area contributed by atoms with Gasteiger partial charge >= 0.3 is 11.7 Å². The van der Waals surface area contributed by atoms with Gasteiger partial charge in [-0.3, -0.25) is 24.6 Å². The minimum Gasteiger partial charge on any atom is -0.490 e. The van der Waals surface area contributed by atoms with Crippen molar-refractivity contribution < 1.29 is 24.4 Å². The quantitative estimate of drug-likeness (QED) is 0.369. The van der Waals surface area contributed by atoms with E-state index >= 15 is 0 Å². The third-order valence-electron chi connectivity index (χ3n) is 2.86. The van der Waals surface area contributed by atoms with Crippen molar-refractivity contribution in [2.24, 2.45) is 0 Å². The molecule has 120 valence electrons. The average Bonchev–Trinajstić information content (AvgIpc) is 2.74. The van der Waals surface area contributed by atoms with Crippen LogP contribution in [0, 0.1) is 10.1 Å². The number of carboxylic acids is 1. The summed E-state index contributed by atoms with van der Waals surface area (Å²) in [5.74, 6) is -1.62. The number of thiocarbonyl (C=S) groups is 1. The van der Waals surface area contributed by atoms with E-state index in [2.05, 4.69) is 0 Å². The topological polar surface area (TPSA) is 110 Å². The van der Waals surface area contributed by atoms with E-state index in [1.54, 1.807) is 6.07 Å². The van der Waals surface area contributed by atoms with Crippen LogP contribution in [0.25, 0.3) is 6.08 Å². The number of hydrogen-bond donors (Lipinski definition) is 1. The third kappa shape index (κ3) is 3.66. The Balaban J connectivity index is 2.34. The van der Waals surface area contributed by atoms with Gasteiger partial charge < -0.3 is 9.84 Å². The number of amides is 1. The number of carboxylic acid groups (broad SMARTS) is 1. The Morgan fingerprint density at radius 2 is 2.26 bits per heavy atom. The van der Waals surface area contributed by atoms with Crippen molar-refractivity contribution in [3.8, 4) is 5.75 Å². The predicted octanol–water partition coefficient (Wildman–Crippen LogP) is 1.89. The molecule has 0 radical (unpaired) electrons. The number of nitro groups is 1. The molecule has 0 aliphatic carbocycles. The van der Waals surface area contributed by atoms with Gasteiger partial charge in [-0.05, 0) is 17.7 Å². The summed E-state index contributed by atoms with van der Waals surface area (Å²) < 4.78 is 5.03. The summed E-state index contributed by atoms with van der Waals surface area (Å²) in [6.07, 6.45) is 1.42. The van der Waals surface area contributed by atoms with Crippen LogP contribution in [-0.4, -0.2) is 44.8 Å². The van der Waals surface area contributed by atoms with Gasteiger partial charge in [0.1, 0.15) is 10.9 Å². The van der Waals surface area contributed by atoms with Crippen molar-refractivity contribution in [3.05, 3.63) is 38.8 Å². The molecule has 0 bridgehead atoms. The zero-order valence-corrected chi connectivity index (χ0v) is 13.3. The Hall–Kier alpha value is -2.46. The second-order valence-corrected chi connectivity index (χ2v) is 6.03. The molecule has 1 heterocycles. The molecular formula is C13H10N2O6S2. The molecule has 0 unspecified atom stereocenters. The van der Waals surface area contributed by atoms with Crippen LogP contribution in [0.5, 0.6) is 5.75 Å². The monoisotopic (exact) mass is 354 g/mol. The van der Waals surface area contributed by atoms with Crippen molar-refractivity contribution in [2.45, 2.75) is 0 Å². The second kappa shape index (κ2) is 6.75. The first-order chi connectivity index (χ1) is 10.8. The number of nitrogens with zero attached hydrogens (tertiary/aromatic N) is 2. The van der Waals surface area contributed by atoms with Gasteiger partial charge in [-0.2, -0.15) is 0 Å². The van der Waals surface area contributed by atoms with Crippen LogP contribution in [0.15, 0.2) is 23.1 Å². The Kier molecular flexibility index (Phi) is 4.96. The molecule has 23 heavy (non-hydrogen) atoms. The van der Waals surface area contributed by atoms with Gasteiger partial charge in [0, 0.05) is 6.07 Å². The van der Waals surface area contributed by atoms with Crippen LogP contribution in [-0.2, 0) is 9.59 Å². The average molecular weight is 354 g/mol. The minimum absolute atomic E-state index is 0.102. The second-order valence-electron chi connectivity index (χ2n) is 4.35. The number of methoxy groups -OCH3 is 1. The van der Waals surface area contributed by atoms with Crippen molar-refractivity contribution in [3.63, 3.8) is 0 Å². The van der Waals surface area contributed by atoms with Gasteiger partial charge in [0.05, 0.1) is 16.9 Å². The fourth-order valence-corrected chi connectivity index (χ4v) is 3.12. The number of benzene rings is 1. The zero-order valence-electron chi connectivity index (χ0n) is 11.7. The van der Waals surface area contributed by atoms with Crippen molar-refractivity contribution >= 4 is 51.9 Å². The summed E-state index contributed by atoms with van der Waals surface area (Å²) >= 11 is 5.92. The van der Waals surface area contributed by atoms with Crippen LogP contribution in [0.2, 0.25) is 0 Å². The van der Waals surface area contributed by atoms with Gasteiger partial charge in [0.15, 0.2) is 5.75 Å². The number of thioether (sulfide) groups is 1. The molecule has 10 heteroatoms. The predicted molar refractivity (Wildman–Crippen MR) is 87.2 cm³/mol. The van der Waals surface area contributed by atoms with Gasteiger partial charge in [-0.1, -0.05) is 30.0 Å². The minimum atomic E-state index is -1.18. The van der Waals surface area contributed by atoms with E-state index in [4.69, 9.17) is 22.1 Å². The first-order valence-electron chi connectivity index (χ1n) is 6.13. The van der Waals surface area contributed by atoms with Crippen molar-refractivity contribution in [1.29, 1.82) is 0 Å². The molecule has 2 rings (SSSR count). The van der Waals surface area contributed by atoms with Crippen LogP contribution in [0.4, 0.5) is 5.69 Å². The smallest absolute Gasteiger partial charge is 0.323 e. The Labute approximate surface area is 139 Å². The molecule has 1 aliphatic rings. The highest BCUT2D eigenvalue weighted by atomic mass is 32.2. The third-order valence-corrected chi connectivity index (χ3v) is 4.24. The normalized spacial score (nSPS) is 16.0. The summed E-state index contributed by atoms with van der Waals surface area (Å²) in [6.45, 7) is -0.523. The number of nitro benzene ring substituents is 1. The van der Waals surface area contributed by atoms with Gasteiger partial charge in [0.2, 0.25) is 0 Å². The summed E-state index contributed by atoms with van der Waals surface area (Å²) in [5.41, 5.74) is 0.176. The highest BCUT2D eigenvalue weighted by molar-refractivity contribution is 8.26. The van der Waals surface area contributed by atoms with E-state index in [1.165, 1.54) is 25.3 Å². The van der Waals surface area contributed by atoms with Crippen LogP contribution in [0.3, 0.4) is 0 Å². The fourth-order valence-electron chi connectivity index (χ4n) is 1.86. The number of aliphatic carboxylic acids is 1. The molecule has 1 aliphatic heterocycles. The SMILES string of the molecule is COc1ccc(/C=C2/SC(=S)N(CC(=O)O)C2=O)cc1[N+](=O)[O-]. The summed E-state index contributed by atoms with van der Waals surface area (Å²) in [7, 11) is 1.32. The van der Waals surface area contributed by atoms with Crippen molar-refractivity contribution in [2.75, 3.05) is 13.7 Å². The molecule has 8 nitrogen and oxygen atoms in total. The number of carbonyl (C=O) groups excluding carboxylic acids is 1. The molecule has 0 spiro atoms. The molecule has 0 atom stereocenters. The molecule has 1 fully saturated rings. The summed E-state index contributed by atoms with van der Waals surface area (Å²) in [4.78, 5) is 34.4. The first kappa shape index (κ1) is 16.9. The fraction of sp³-hybridized carbons (Fsp3) is 0.154. The Morgan fingerprint density at radius 3 is 2.83 bits per heavy atom. The molecule has 0 aromatic heterocycles. The molecule has 0 saturated carbocycles. The van der Waals surface area contributed by atoms with E-state index in [0.29, 0.717) is 5.56 Å². The standard InChI is InChI=1S/C13H10N2O6S2/c1-21-9-3-2-7(4-8(9)15(19)20)5-10-12(18)14(6-11(16)17)13(22)23-10/h2-5H,6H2,1H3,(H,16,17)/b10-5+. The molecule has 1 aromatic rings. The van der Waals surface area contributed by atoms with E-state index < -0.39 is 23.3 Å². The van der Waals surface area contributed by atoms with Crippen LogP contribution < -0.4 is 4.74 Å². The van der Waals surface area contributed by atoms with E-state index in [-0.39, 0.29) is 20.7 Å².